The van der Waals surface area contributed by atoms with E-state index in [0.717, 1.165) is 6.42 Å². The van der Waals surface area contributed by atoms with Crippen molar-refractivity contribution in [3.63, 3.8) is 0 Å². The first-order chi connectivity index (χ1) is 32.1. The van der Waals surface area contributed by atoms with E-state index in [1.165, 1.54) is 113 Å². The SMILES string of the molecule is Cc1cc2c3c(c1)N(c1ccc(C(C)(C)C)cc1-c1ccccc1)c1ccc(-c4ccccc4)cc1B3c1ccc(N3c4ccccc4C4(C)CCC34C)cc1N2c1ccc(C(C)(C)C)cc1. The first-order valence-electron chi connectivity index (χ1n) is 24.4. The van der Waals surface area contributed by atoms with Gasteiger partial charge in [-0.05, 0) is 154 Å². The molecule has 2 atom stereocenters. The van der Waals surface area contributed by atoms with Crippen LogP contribution in [-0.2, 0) is 16.2 Å². The second-order valence-corrected chi connectivity index (χ2v) is 22.3. The lowest BCUT2D eigenvalue weighted by molar-refractivity contribution is 0.133. The van der Waals surface area contributed by atoms with Gasteiger partial charge in [0.2, 0.25) is 0 Å². The van der Waals surface area contributed by atoms with Crippen LogP contribution in [0.1, 0.15) is 90.5 Å². The molecular weight excluding hydrogens is 810 g/mol. The molecule has 0 spiro atoms. The molecule has 330 valence electrons. The lowest BCUT2D eigenvalue weighted by atomic mass is 9.33. The zero-order chi connectivity index (χ0) is 46.2. The fourth-order valence-corrected chi connectivity index (χ4v) is 12.2. The molecule has 3 heterocycles. The molecule has 12 rings (SSSR count). The highest BCUT2D eigenvalue weighted by Gasteiger charge is 2.63. The molecule has 1 fully saturated rings. The van der Waals surface area contributed by atoms with Crippen molar-refractivity contribution < 1.29 is 0 Å². The highest BCUT2D eigenvalue weighted by molar-refractivity contribution is 7.00. The smallest absolute Gasteiger partial charge is 0.252 e. The fourth-order valence-electron chi connectivity index (χ4n) is 12.2. The number of aryl methyl sites for hydroxylation is 1. The summed E-state index contributed by atoms with van der Waals surface area (Å²) in [5.74, 6) is 0. The number of fused-ring (bicyclic) bond motifs is 7. The minimum absolute atomic E-state index is 0.0119. The predicted molar refractivity (Wildman–Crippen MR) is 287 cm³/mol. The second kappa shape index (κ2) is 14.6. The third-order valence-corrected chi connectivity index (χ3v) is 16.3. The van der Waals surface area contributed by atoms with E-state index >= 15 is 0 Å². The van der Waals surface area contributed by atoms with Crippen LogP contribution in [-0.4, -0.2) is 12.3 Å². The average molecular weight is 870 g/mol. The Labute approximate surface area is 398 Å². The summed E-state index contributed by atoms with van der Waals surface area (Å²) < 4.78 is 0. The van der Waals surface area contributed by atoms with E-state index in [-0.39, 0.29) is 28.5 Å². The number of anilines is 8. The highest BCUT2D eigenvalue weighted by Crippen LogP contribution is 2.65. The molecule has 0 aromatic heterocycles. The Morgan fingerprint density at radius 3 is 1.73 bits per heavy atom. The van der Waals surface area contributed by atoms with E-state index in [0.29, 0.717) is 0 Å². The first-order valence-corrected chi connectivity index (χ1v) is 24.4. The monoisotopic (exact) mass is 869 g/mol. The van der Waals surface area contributed by atoms with Crippen molar-refractivity contribution in [2.24, 2.45) is 0 Å². The molecule has 3 aliphatic heterocycles. The van der Waals surface area contributed by atoms with Crippen LogP contribution < -0.4 is 31.1 Å². The van der Waals surface area contributed by atoms with Crippen molar-refractivity contribution in [2.75, 3.05) is 14.7 Å². The largest absolute Gasteiger partial charge is 0.334 e. The van der Waals surface area contributed by atoms with E-state index in [2.05, 4.69) is 253 Å². The van der Waals surface area contributed by atoms with E-state index in [1.807, 2.05) is 0 Å². The van der Waals surface area contributed by atoms with E-state index < -0.39 is 0 Å². The molecule has 2 unspecified atom stereocenters. The molecule has 4 aliphatic rings. The molecule has 3 nitrogen and oxygen atoms in total. The number of hydrogen-bond acceptors (Lipinski definition) is 3. The van der Waals surface area contributed by atoms with Gasteiger partial charge in [-0.1, -0.05) is 164 Å². The molecule has 67 heavy (non-hydrogen) atoms. The standard InChI is InChI=1S/C63H60BN3/c1-41-36-57-59-58(37-41)66(53-33-27-46(61(5,6)7)39-49(53)43-20-14-11-15-21-43)55-32-24-44(42-18-12-10-13-19-42)38-52(55)64(59)51-31-30-48(40-56(51)65(57)47-28-25-45(26-29-47)60(2,3)4)67-54-23-17-16-22-50(54)62(8)34-35-63(62,67)9/h10-33,36-40H,34-35H2,1-9H3. The van der Waals surface area contributed by atoms with Crippen LogP contribution in [0, 0.1) is 6.92 Å². The summed E-state index contributed by atoms with van der Waals surface area (Å²) in [5.41, 5.74) is 24.3. The number of rotatable bonds is 5. The summed E-state index contributed by atoms with van der Waals surface area (Å²) in [6.07, 6.45) is 2.36. The van der Waals surface area contributed by atoms with Crippen LogP contribution in [0.25, 0.3) is 22.3 Å². The van der Waals surface area contributed by atoms with Crippen molar-refractivity contribution in [1.29, 1.82) is 0 Å². The van der Waals surface area contributed by atoms with Gasteiger partial charge in [0, 0.05) is 50.8 Å². The van der Waals surface area contributed by atoms with Gasteiger partial charge < -0.3 is 14.7 Å². The molecule has 1 saturated carbocycles. The first kappa shape index (κ1) is 41.6. The summed E-state index contributed by atoms with van der Waals surface area (Å²) in [6.45, 7) is 21.1. The molecule has 0 amide bonds. The Hall–Kier alpha value is -6.78. The number of nitrogens with zero attached hydrogens (tertiary/aromatic N) is 3. The molecular formula is C63H60BN3. The van der Waals surface area contributed by atoms with Crippen LogP contribution in [0.3, 0.4) is 0 Å². The fraction of sp³-hybridized carbons (Fsp3) is 0.238. The third-order valence-electron chi connectivity index (χ3n) is 16.3. The summed E-state index contributed by atoms with van der Waals surface area (Å²) in [4.78, 5) is 7.89. The minimum atomic E-state index is -0.0164. The van der Waals surface area contributed by atoms with Gasteiger partial charge >= 0.3 is 0 Å². The normalized spacial score (nSPS) is 19.0. The van der Waals surface area contributed by atoms with Crippen LogP contribution in [0.4, 0.5) is 45.5 Å². The van der Waals surface area contributed by atoms with E-state index in [1.54, 1.807) is 0 Å². The number of para-hydroxylation sites is 1. The maximum absolute atomic E-state index is 2.70. The molecule has 0 radical (unpaired) electrons. The summed E-state index contributed by atoms with van der Waals surface area (Å²) in [5, 5.41) is 0. The van der Waals surface area contributed by atoms with Crippen molar-refractivity contribution in [1.82, 2.24) is 0 Å². The Bertz CT molecular complexity index is 3270. The molecule has 4 heteroatoms. The van der Waals surface area contributed by atoms with Gasteiger partial charge in [-0.2, -0.15) is 0 Å². The summed E-state index contributed by atoms with van der Waals surface area (Å²) >= 11 is 0. The van der Waals surface area contributed by atoms with Crippen molar-refractivity contribution in [2.45, 2.75) is 96.9 Å². The Balaban J connectivity index is 1.15. The van der Waals surface area contributed by atoms with Crippen LogP contribution in [0.15, 0.2) is 176 Å². The van der Waals surface area contributed by atoms with Gasteiger partial charge in [0.05, 0.1) is 11.2 Å². The number of hydrogen-bond donors (Lipinski definition) is 0. The Morgan fingerprint density at radius 2 is 1.06 bits per heavy atom. The quantitative estimate of drug-likeness (QED) is 0.160. The molecule has 1 aliphatic carbocycles. The minimum Gasteiger partial charge on any atom is -0.334 e. The van der Waals surface area contributed by atoms with Gasteiger partial charge in [0.25, 0.3) is 6.71 Å². The predicted octanol–water partition coefficient (Wildman–Crippen LogP) is 15.0. The lowest BCUT2D eigenvalue weighted by Crippen LogP contribution is -2.62. The van der Waals surface area contributed by atoms with Crippen molar-refractivity contribution in [3.8, 4) is 22.3 Å². The zero-order valence-corrected chi connectivity index (χ0v) is 40.6. The van der Waals surface area contributed by atoms with Gasteiger partial charge in [0.15, 0.2) is 0 Å². The molecule has 8 aromatic carbocycles. The topological polar surface area (TPSA) is 9.72 Å². The molecule has 0 saturated heterocycles. The van der Waals surface area contributed by atoms with E-state index in [9.17, 15) is 0 Å². The zero-order valence-electron chi connectivity index (χ0n) is 40.6. The molecule has 8 aromatic rings. The van der Waals surface area contributed by atoms with Crippen molar-refractivity contribution >= 4 is 68.6 Å². The van der Waals surface area contributed by atoms with Gasteiger partial charge in [-0.25, -0.2) is 0 Å². The number of benzene rings is 8. The van der Waals surface area contributed by atoms with Gasteiger partial charge in [-0.15, -0.1) is 0 Å². The summed E-state index contributed by atoms with van der Waals surface area (Å²) in [7, 11) is 0. The maximum atomic E-state index is 2.70. The van der Waals surface area contributed by atoms with Crippen LogP contribution in [0.5, 0.6) is 0 Å². The molecule has 0 N–H and O–H groups in total. The van der Waals surface area contributed by atoms with Gasteiger partial charge in [0.1, 0.15) is 0 Å². The average Bonchev–Trinajstić information content (AvgIpc) is 3.45. The molecule has 0 bridgehead atoms. The van der Waals surface area contributed by atoms with Crippen molar-refractivity contribution in [3.05, 3.63) is 198 Å². The van der Waals surface area contributed by atoms with Gasteiger partial charge in [-0.3, -0.25) is 0 Å². The maximum Gasteiger partial charge on any atom is 0.252 e. The Morgan fingerprint density at radius 1 is 0.448 bits per heavy atom. The third kappa shape index (κ3) is 6.17. The van der Waals surface area contributed by atoms with Crippen LogP contribution >= 0.6 is 0 Å². The highest BCUT2D eigenvalue weighted by atomic mass is 15.3. The van der Waals surface area contributed by atoms with E-state index in [4.69, 9.17) is 0 Å². The van der Waals surface area contributed by atoms with Crippen LogP contribution in [0.2, 0.25) is 0 Å². The summed E-state index contributed by atoms with van der Waals surface area (Å²) in [6, 6.07) is 67.4. The lowest BCUT2D eigenvalue weighted by Gasteiger charge is -2.56. The second-order valence-electron chi connectivity index (χ2n) is 22.3. The Kier molecular flexibility index (Phi) is 9.08.